The predicted octanol–water partition coefficient (Wildman–Crippen LogP) is 3.07. The Morgan fingerprint density at radius 3 is 2.75 bits per heavy atom. The molecule has 0 amide bonds. The minimum Gasteiger partial charge on any atom is -0.370 e. The number of nitrogens with zero attached hydrogens (tertiary/aromatic N) is 5. The Morgan fingerprint density at radius 1 is 1.42 bits per heavy atom. The van der Waals surface area contributed by atoms with E-state index in [-0.39, 0.29) is 30.0 Å². The molecular formula is C14H14F3N7. The molecule has 126 valence electrons. The quantitative estimate of drug-likeness (QED) is 0.871. The Labute approximate surface area is 135 Å². The highest BCUT2D eigenvalue weighted by atomic mass is 19.4. The molecule has 0 bridgehead atoms. The van der Waals surface area contributed by atoms with Crippen LogP contribution in [-0.4, -0.2) is 26.3 Å². The van der Waals surface area contributed by atoms with Crippen molar-refractivity contribution in [3.63, 3.8) is 0 Å². The molecule has 1 aliphatic rings. The molecule has 2 heterocycles. The third-order valence-corrected chi connectivity index (χ3v) is 3.42. The zero-order valence-corrected chi connectivity index (χ0v) is 12.7. The first-order valence-electron chi connectivity index (χ1n) is 7.37. The molecule has 0 atom stereocenters. The second-order valence-corrected chi connectivity index (χ2v) is 5.31. The first kappa shape index (κ1) is 16.0. The van der Waals surface area contributed by atoms with E-state index in [4.69, 9.17) is 5.26 Å². The van der Waals surface area contributed by atoms with Crippen molar-refractivity contribution in [1.82, 2.24) is 19.7 Å². The number of hydrogen-bond donors (Lipinski definition) is 2. The van der Waals surface area contributed by atoms with Crippen LogP contribution in [0.2, 0.25) is 0 Å². The van der Waals surface area contributed by atoms with E-state index in [2.05, 4.69) is 25.7 Å². The molecule has 1 fully saturated rings. The highest BCUT2D eigenvalue weighted by Gasteiger charge is 2.35. The highest BCUT2D eigenvalue weighted by molar-refractivity contribution is 5.55. The van der Waals surface area contributed by atoms with E-state index in [9.17, 15) is 13.2 Å². The zero-order valence-electron chi connectivity index (χ0n) is 12.7. The van der Waals surface area contributed by atoms with E-state index < -0.39 is 11.7 Å². The number of nitriles is 1. The SMILES string of the molecule is CCNc1nc(Nc2cc(C#N)nn2C2CC2)ncc1C(F)(F)F. The van der Waals surface area contributed by atoms with Gasteiger partial charge in [-0.15, -0.1) is 0 Å². The molecule has 2 N–H and O–H groups in total. The van der Waals surface area contributed by atoms with Crippen LogP contribution in [0.4, 0.5) is 30.8 Å². The minimum absolute atomic E-state index is 0.00485. The van der Waals surface area contributed by atoms with Crippen molar-refractivity contribution in [2.24, 2.45) is 0 Å². The molecular weight excluding hydrogens is 323 g/mol. The van der Waals surface area contributed by atoms with Crippen molar-refractivity contribution in [3.05, 3.63) is 23.5 Å². The second-order valence-electron chi connectivity index (χ2n) is 5.31. The number of halogens is 3. The van der Waals surface area contributed by atoms with Crippen molar-refractivity contribution in [3.8, 4) is 6.07 Å². The van der Waals surface area contributed by atoms with Gasteiger partial charge in [-0.25, -0.2) is 9.67 Å². The smallest absolute Gasteiger partial charge is 0.370 e. The van der Waals surface area contributed by atoms with Gasteiger partial charge in [-0.3, -0.25) is 0 Å². The standard InChI is InChI=1S/C14H14F3N7/c1-2-19-12-10(14(15,16)17)7-20-13(22-12)21-11-5-8(6-18)23-24(11)9-3-4-9/h5,7,9H,2-4H2,1H3,(H2,19,20,21,22). The predicted molar refractivity (Wildman–Crippen MR) is 79.7 cm³/mol. The summed E-state index contributed by atoms with van der Waals surface area (Å²) in [6.45, 7) is 1.97. The maximum Gasteiger partial charge on any atom is 0.421 e. The summed E-state index contributed by atoms with van der Waals surface area (Å²) in [6, 6.07) is 3.66. The monoisotopic (exact) mass is 337 g/mol. The summed E-state index contributed by atoms with van der Waals surface area (Å²) in [5.74, 6) is 0.196. The van der Waals surface area contributed by atoms with E-state index in [1.54, 1.807) is 11.6 Å². The normalized spacial score (nSPS) is 14.3. The first-order chi connectivity index (χ1) is 11.4. The van der Waals surface area contributed by atoms with Gasteiger partial charge in [-0.05, 0) is 19.8 Å². The van der Waals surface area contributed by atoms with Crippen LogP contribution in [0.15, 0.2) is 12.3 Å². The molecule has 0 unspecified atom stereocenters. The lowest BCUT2D eigenvalue weighted by Crippen LogP contribution is -2.14. The Morgan fingerprint density at radius 2 is 2.17 bits per heavy atom. The summed E-state index contributed by atoms with van der Waals surface area (Å²) >= 11 is 0. The van der Waals surface area contributed by atoms with E-state index in [0.29, 0.717) is 5.82 Å². The second kappa shape index (κ2) is 5.99. The molecule has 24 heavy (non-hydrogen) atoms. The fourth-order valence-electron chi connectivity index (χ4n) is 2.21. The van der Waals surface area contributed by atoms with Crippen LogP contribution in [0.3, 0.4) is 0 Å². The summed E-state index contributed by atoms with van der Waals surface area (Å²) in [7, 11) is 0. The lowest BCUT2D eigenvalue weighted by molar-refractivity contribution is -0.137. The molecule has 0 spiro atoms. The van der Waals surface area contributed by atoms with Crippen LogP contribution in [-0.2, 0) is 6.18 Å². The van der Waals surface area contributed by atoms with Gasteiger partial charge in [0.2, 0.25) is 5.95 Å². The van der Waals surface area contributed by atoms with Crippen LogP contribution in [0.1, 0.15) is 37.1 Å². The van der Waals surface area contributed by atoms with Gasteiger partial charge in [-0.1, -0.05) is 0 Å². The zero-order chi connectivity index (χ0) is 17.3. The lowest BCUT2D eigenvalue weighted by Gasteiger charge is -2.14. The van der Waals surface area contributed by atoms with Crippen molar-refractivity contribution in [2.75, 3.05) is 17.2 Å². The number of aromatic nitrogens is 4. The Balaban J connectivity index is 1.92. The Bertz CT molecular complexity index is 787. The molecule has 1 aliphatic carbocycles. The van der Waals surface area contributed by atoms with Crippen molar-refractivity contribution < 1.29 is 13.2 Å². The van der Waals surface area contributed by atoms with E-state index in [0.717, 1.165) is 19.0 Å². The van der Waals surface area contributed by atoms with Crippen molar-refractivity contribution >= 4 is 17.6 Å². The van der Waals surface area contributed by atoms with Crippen molar-refractivity contribution in [2.45, 2.75) is 32.0 Å². The summed E-state index contributed by atoms with van der Waals surface area (Å²) in [5, 5.41) is 18.5. The summed E-state index contributed by atoms with van der Waals surface area (Å²) < 4.78 is 40.5. The molecule has 2 aromatic rings. The van der Waals surface area contributed by atoms with E-state index >= 15 is 0 Å². The van der Waals surface area contributed by atoms with Crippen LogP contribution >= 0.6 is 0 Å². The van der Waals surface area contributed by atoms with Crippen molar-refractivity contribution in [1.29, 1.82) is 5.26 Å². The molecule has 7 nitrogen and oxygen atoms in total. The van der Waals surface area contributed by atoms with Gasteiger partial charge in [0.25, 0.3) is 0 Å². The van der Waals surface area contributed by atoms with Gasteiger partial charge >= 0.3 is 6.18 Å². The maximum absolute atomic E-state index is 13.0. The van der Waals surface area contributed by atoms with Gasteiger partial charge < -0.3 is 10.6 Å². The van der Waals surface area contributed by atoms with Crippen LogP contribution < -0.4 is 10.6 Å². The van der Waals surface area contributed by atoms with Crippen LogP contribution in [0.5, 0.6) is 0 Å². The molecule has 0 radical (unpaired) electrons. The lowest BCUT2D eigenvalue weighted by atomic mass is 10.3. The fourth-order valence-corrected chi connectivity index (χ4v) is 2.21. The minimum atomic E-state index is -4.54. The number of anilines is 3. The molecule has 0 aromatic carbocycles. The maximum atomic E-state index is 13.0. The Kier molecular flexibility index (Phi) is 4.01. The molecule has 3 rings (SSSR count). The molecule has 2 aromatic heterocycles. The summed E-state index contributed by atoms with van der Waals surface area (Å²) in [6.07, 6.45) is -1.92. The van der Waals surface area contributed by atoms with Gasteiger partial charge in [0.05, 0.1) is 6.04 Å². The van der Waals surface area contributed by atoms with Crippen LogP contribution in [0, 0.1) is 11.3 Å². The average molecular weight is 337 g/mol. The van der Waals surface area contributed by atoms with E-state index in [1.165, 1.54) is 6.07 Å². The summed E-state index contributed by atoms with van der Waals surface area (Å²) in [5.41, 5.74) is -0.702. The van der Waals surface area contributed by atoms with Gasteiger partial charge in [-0.2, -0.15) is 28.5 Å². The summed E-state index contributed by atoms with van der Waals surface area (Å²) in [4.78, 5) is 7.64. The average Bonchev–Trinajstić information content (AvgIpc) is 3.28. The molecule has 10 heteroatoms. The van der Waals surface area contributed by atoms with Crippen LogP contribution in [0.25, 0.3) is 0 Å². The number of nitrogens with one attached hydrogen (secondary N) is 2. The highest BCUT2D eigenvalue weighted by Crippen LogP contribution is 2.38. The van der Waals surface area contributed by atoms with Gasteiger partial charge in [0, 0.05) is 18.8 Å². The number of rotatable bonds is 5. The largest absolute Gasteiger partial charge is 0.421 e. The molecule has 1 saturated carbocycles. The molecule has 0 saturated heterocycles. The third-order valence-electron chi connectivity index (χ3n) is 3.42. The first-order valence-corrected chi connectivity index (χ1v) is 7.37. The third kappa shape index (κ3) is 3.24. The number of hydrogen-bond acceptors (Lipinski definition) is 6. The fraction of sp³-hybridized carbons (Fsp3) is 0.429. The Hall–Kier alpha value is -2.83. The molecule has 0 aliphatic heterocycles. The van der Waals surface area contributed by atoms with E-state index in [1.807, 2.05) is 6.07 Å². The van der Waals surface area contributed by atoms with Gasteiger partial charge in [0.15, 0.2) is 5.69 Å². The number of alkyl halides is 3. The topological polar surface area (TPSA) is 91.5 Å². The van der Waals surface area contributed by atoms with Gasteiger partial charge in [0.1, 0.15) is 23.3 Å².